The summed E-state index contributed by atoms with van der Waals surface area (Å²) >= 11 is 3.38. The molecule has 1 saturated heterocycles. The second-order valence-corrected chi connectivity index (χ2v) is 5.83. The lowest BCUT2D eigenvalue weighted by Crippen LogP contribution is -2.38. The Hall–Kier alpha value is -0.940. The number of nitro benzene ring substituents is 1. The molecule has 1 aromatic rings. The van der Waals surface area contributed by atoms with E-state index in [1.807, 2.05) is 6.07 Å². The van der Waals surface area contributed by atoms with Gasteiger partial charge in [0.1, 0.15) is 0 Å². The molecule has 1 fully saturated rings. The molecule has 0 aromatic heterocycles. The molecule has 0 amide bonds. The molecule has 1 heterocycles. The molecular weight excluding hydrogens is 308 g/mol. The summed E-state index contributed by atoms with van der Waals surface area (Å²) in [4.78, 5) is 13.1. The fourth-order valence-corrected chi connectivity index (χ4v) is 3.31. The van der Waals surface area contributed by atoms with E-state index in [4.69, 9.17) is 0 Å². The van der Waals surface area contributed by atoms with Gasteiger partial charge in [-0.15, -0.1) is 0 Å². The molecule has 1 aromatic carbocycles. The van der Waals surface area contributed by atoms with Crippen LogP contribution in [0.3, 0.4) is 0 Å². The molecule has 1 aliphatic rings. The van der Waals surface area contributed by atoms with Gasteiger partial charge in [0.15, 0.2) is 0 Å². The van der Waals surface area contributed by atoms with Crippen LogP contribution >= 0.6 is 15.9 Å². The third-order valence-electron chi connectivity index (χ3n) is 3.85. The maximum atomic E-state index is 10.9. The lowest BCUT2D eigenvalue weighted by Gasteiger charge is -2.35. The summed E-state index contributed by atoms with van der Waals surface area (Å²) < 4.78 is 0.625. The summed E-state index contributed by atoms with van der Waals surface area (Å²) in [5.41, 5.74) is 1.16. The van der Waals surface area contributed by atoms with E-state index < -0.39 is 0 Å². The summed E-state index contributed by atoms with van der Waals surface area (Å²) in [5.74, 6) is 0. The van der Waals surface area contributed by atoms with Crippen LogP contribution in [-0.4, -0.2) is 22.4 Å². The smallest absolute Gasteiger partial charge is 0.283 e. The Morgan fingerprint density at radius 2 is 2.26 bits per heavy atom. The molecule has 0 spiro atoms. The molecule has 0 bridgehead atoms. The van der Waals surface area contributed by atoms with E-state index in [1.165, 1.54) is 19.3 Å². The first-order valence-electron chi connectivity index (χ1n) is 6.79. The molecule has 1 unspecified atom stereocenters. The zero-order chi connectivity index (χ0) is 13.8. The van der Waals surface area contributed by atoms with Gasteiger partial charge in [-0.25, -0.2) is 0 Å². The minimum atomic E-state index is -0.332. The summed E-state index contributed by atoms with van der Waals surface area (Å²) in [6.45, 7) is 4.10. The van der Waals surface area contributed by atoms with Crippen molar-refractivity contribution >= 4 is 21.6 Å². The van der Waals surface area contributed by atoms with E-state index in [1.54, 1.807) is 12.1 Å². The average molecular weight is 327 g/mol. The van der Waals surface area contributed by atoms with Crippen LogP contribution in [0.25, 0.3) is 0 Å². The van der Waals surface area contributed by atoms with E-state index in [-0.39, 0.29) is 10.6 Å². The summed E-state index contributed by atoms with van der Waals surface area (Å²) in [6.07, 6.45) is 4.91. The highest BCUT2D eigenvalue weighted by Gasteiger charge is 2.23. The van der Waals surface area contributed by atoms with E-state index in [0.29, 0.717) is 10.5 Å². The van der Waals surface area contributed by atoms with Crippen LogP contribution in [0.2, 0.25) is 0 Å². The Morgan fingerprint density at radius 3 is 2.95 bits per heavy atom. The average Bonchev–Trinajstić information content (AvgIpc) is 2.41. The molecule has 2 rings (SSSR count). The topological polar surface area (TPSA) is 46.4 Å². The van der Waals surface area contributed by atoms with Gasteiger partial charge in [0.2, 0.25) is 0 Å². The van der Waals surface area contributed by atoms with Crippen molar-refractivity contribution < 1.29 is 4.92 Å². The van der Waals surface area contributed by atoms with Crippen molar-refractivity contribution in [1.29, 1.82) is 0 Å². The number of rotatable bonds is 4. The van der Waals surface area contributed by atoms with Crippen LogP contribution in [0.15, 0.2) is 22.7 Å². The Morgan fingerprint density at radius 1 is 1.47 bits per heavy atom. The monoisotopic (exact) mass is 326 g/mol. The SMILES string of the molecule is CCC1CCCCN1Cc1cccc([N+](=O)[O-])c1Br. The second-order valence-electron chi connectivity index (χ2n) is 5.04. The number of piperidine rings is 1. The van der Waals surface area contributed by atoms with Crippen LogP contribution in [0.1, 0.15) is 38.2 Å². The number of hydrogen-bond acceptors (Lipinski definition) is 3. The first-order valence-corrected chi connectivity index (χ1v) is 7.58. The number of benzene rings is 1. The fourth-order valence-electron chi connectivity index (χ4n) is 2.78. The van der Waals surface area contributed by atoms with E-state index >= 15 is 0 Å². The minimum absolute atomic E-state index is 0.155. The van der Waals surface area contributed by atoms with Crippen molar-refractivity contribution in [3.05, 3.63) is 38.3 Å². The van der Waals surface area contributed by atoms with Gasteiger partial charge in [0.25, 0.3) is 5.69 Å². The van der Waals surface area contributed by atoms with Crippen molar-refractivity contribution in [2.75, 3.05) is 6.54 Å². The fraction of sp³-hybridized carbons (Fsp3) is 0.571. The van der Waals surface area contributed by atoms with Gasteiger partial charge in [-0.2, -0.15) is 0 Å². The van der Waals surface area contributed by atoms with Gasteiger partial charge in [-0.05, 0) is 47.3 Å². The van der Waals surface area contributed by atoms with Gasteiger partial charge < -0.3 is 0 Å². The Balaban J connectivity index is 2.18. The highest BCUT2D eigenvalue weighted by molar-refractivity contribution is 9.10. The molecule has 1 atom stereocenters. The van der Waals surface area contributed by atoms with Gasteiger partial charge >= 0.3 is 0 Å². The normalized spacial score (nSPS) is 20.4. The van der Waals surface area contributed by atoms with Crippen molar-refractivity contribution in [2.24, 2.45) is 0 Å². The molecule has 0 N–H and O–H groups in total. The van der Waals surface area contributed by atoms with E-state index in [9.17, 15) is 10.1 Å². The van der Waals surface area contributed by atoms with E-state index in [2.05, 4.69) is 27.8 Å². The third kappa shape index (κ3) is 3.34. The van der Waals surface area contributed by atoms with Gasteiger partial charge in [-0.1, -0.05) is 25.5 Å². The predicted octanol–water partition coefficient (Wildman–Crippen LogP) is 4.12. The third-order valence-corrected chi connectivity index (χ3v) is 4.76. The highest BCUT2D eigenvalue weighted by atomic mass is 79.9. The zero-order valence-electron chi connectivity index (χ0n) is 11.1. The largest absolute Gasteiger partial charge is 0.296 e. The van der Waals surface area contributed by atoms with Crippen molar-refractivity contribution in [1.82, 2.24) is 4.90 Å². The second kappa shape index (κ2) is 6.48. The van der Waals surface area contributed by atoms with Gasteiger partial charge in [0.05, 0.1) is 9.40 Å². The number of nitro groups is 1. The van der Waals surface area contributed by atoms with Gasteiger partial charge in [-0.3, -0.25) is 15.0 Å². The van der Waals surface area contributed by atoms with Crippen molar-refractivity contribution in [3.63, 3.8) is 0 Å². The van der Waals surface area contributed by atoms with Crippen LogP contribution in [0, 0.1) is 10.1 Å². The molecule has 5 heteroatoms. The summed E-state index contributed by atoms with van der Waals surface area (Å²) in [7, 11) is 0. The van der Waals surface area contributed by atoms with Gasteiger partial charge in [0, 0.05) is 18.7 Å². The molecule has 104 valence electrons. The lowest BCUT2D eigenvalue weighted by atomic mass is 9.99. The van der Waals surface area contributed by atoms with Crippen LogP contribution in [0.5, 0.6) is 0 Å². The highest BCUT2D eigenvalue weighted by Crippen LogP contribution is 2.31. The van der Waals surface area contributed by atoms with Crippen LogP contribution in [-0.2, 0) is 6.54 Å². The molecule has 0 aliphatic carbocycles. The predicted molar refractivity (Wildman–Crippen MR) is 79.1 cm³/mol. The zero-order valence-corrected chi connectivity index (χ0v) is 12.7. The molecule has 1 aliphatic heterocycles. The summed E-state index contributed by atoms with van der Waals surface area (Å²) in [6, 6.07) is 5.89. The summed E-state index contributed by atoms with van der Waals surface area (Å²) in [5, 5.41) is 10.9. The first-order chi connectivity index (χ1) is 9.13. The lowest BCUT2D eigenvalue weighted by molar-refractivity contribution is -0.385. The Bertz CT molecular complexity index is 465. The number of halogens is 1. The number of likely N-dealkylation sites (tertiary alicyclic amines) is 1. The maximum Gasteiger partial charge on any atom is 0.283 e. The first kappa shape index (κ1) is 14.5. The quantitative estimate of drug-likeness (QED) is 0.617. The number of hydrogen-bond donors (Lipinski definition) is 0. The number of nitrogens with zero attached hydrogens (tertiary/aromatic N) is 2. The molecule has 0 saturated carbocycles. The van der Waals surface area contributed by atoms with Crippen molar-refractivity contribution in [3.8, 4) is 0 Å². The Labute approximate surface area is 122 Å². The van der Waals surface area contributed by atoms with Crippen LogP contribution in [0.4, 0.5) is 5.69 Å². The van der Waals surface area contributed by atoms with E-state index in [0.717, 1.165) is 25.1 Å². The van der Waals surface area contributed by atoms with Crippen LogP contribution < -0.4 is 0 Å². The molecular formula is C14H19BrN2O2. The molecule has 4 nitrogen and oxygen atoms in total. The molecule has 0 radical (unpaired) electrons. The maximum absolute atomic E-state index is 10.9. The standard InChI is InChI=1S/C14H19BrN2O2/c1-2-12-7-3-4-9-16(12)10-11-6-5-8-13(14(11)15)17(18)19/h5-6,8,12H,2-4,7,9-10H2,1H3. The van der Waals surface area contributed by atoms with Crippen molar-refractivity contribution in [2.45, 2.75) is 45.2 Å². The minimum Gasteiger partial charge on any atom is -0.296 e. The molecule has 19 heavy (non-hydrogen) atoms. The Kier molecular flexibility index (Phi) is 4.93.